The van der Waals surface area contributed by atoms with Gasteiger partial charge in [-0.1, -0.05) is 48.0 Å². The lowest BCUT2D eigenvalue weighted by atomic mass is 10.0. The van der Waals surface area contributed by atoms with Crippen molar-refractivity contribution in [1.82, 2.24) is 4.90 Å². The van der Waals surface area contributed by atoms with Gasteiger partial charge in [-0.3, -0.25) is 10.3 Å². The lowest BCUT2D eigenvalue weighted by Crippen LogP contribution is -2.24. The van der Waals surface area contributed by atoms with Gasteiger partial charge in [0.2, 0.25) is 0 Å². The van der Waals surface area contributed by atoms with Gasteiger partial charge in [0.25, 0.3) is 0 Å². The average Bonchev–Trinajstić information content (AvgIpc) is 2.47. The first-order valence-corrected chi connectivity index (χ1v) is 7.25. The van der Waals surface area contributed by atoms with Crippen LogP contribution in [0.5, 0.6) is 0 Å². The summed E-state index contributed by atoms with van der Waals surface area (Å²) < 4.78 is 0. The quantitative estimate of drug-likeness (QED) is 0.651. The molecular weight excluding hydrogens is 282 g/mol. The van der Waals surface area contributed by atoms with Crippen molar-refractivity contribution < 1.29 is 0 Å². The van der Waals surface area contributed by atoms with E-state index in [1.54, 1.807) is 0 Å². The maximum absolute atomic E-state index is 7.66. The number of halogens is 1. The molecule has 0 aliphatic carbocycles. The molecule has 4 heteroatoms. The molecule has 3 N–H and O–H groups in total. The third-order valence-corrected chi connectivity index (χ3v) is 3.99. The number of nitrogens with one attached hydrogen (secondary N) is 1. The van der Waals surface area contributed by atoms with Crippen molar-refractivity contribution in [3.05, 3.63) is 70.2 Å². The molecule has 0 spiro atoms. The van der Waals surface area contributed by atoms with Crippen LogP contribution < -0.4 is 5.73 Å². The number of nitrogens with two attached hydrogens (primary N) is 1. The van der Waals surface area contributed by atoms with Gasteiger partial charge >= 0.3 is 0 Å². The van der Waals surface area contributed by atoms with Gasteiger partial charge in [-0.15, -0.1) is 0 Å². The second-order valence-corrected chi connectivity index (χ2v) is 5.65. The number of amidine groups is 1. The topological polar surface area (TPSA) is 53.1 Å². The van der Waals surface area contributed by atoms with Crippen LogP contribution in [0.4, 0.5) is 0 Å². The van der Waals surface area contributed by atoms with Gasteiger partial charge in [0.1, 0.15) is 5.84 Å². The molecule has 1 atom stereocenters. The van der Waals surface area contributed by atoms with E-state index in [0.717, 1.165) is 22.7 Å². The first kappa shape index (κ1) is 15.5. The summed E-state index contributed by atoms with van der Waals surface area (Å²) in [6, 6.07) is 15.9. The summed E-state index contributed by atoms with van der Waals surface area (Å²) in [6.45, 7) is 2.89. The first-order chi connectivity index (χ1) is 9.99. The van der Waals surface area contributed by atoms with Crippen molar-refractivity contribution in [2.24, 2.45) is 5.73 Å². The van der Waals surface area contributed by atoms with Crippen molar-refractivity contribution in [3.8, 4) is 0 Å². The molecule has 0 bridgehead atoms. The van der Waals surface area contributed by atoms with Crippen LogP contribution in [-0.2, 0) is 6.54 Å². The summed E-state index contributed by atoms with van der Waals surface area (Å²) in [5.74, 6) is 0.109. The van der Waals surface area contributed by atoms with Gasteiger partial charge in [-0.2, -0.15) is 0 Å². The Labute approximate surface area is 130 Å². The third-order valence-electron chi connectivity index (χ3n) is 3.74. The highest BCUT2D eigenvalue weighted by atomic mass is 35.5. The Hall–Kier alpha value is -1.84. The Kier molecular flexibility index (Phi) is 4.99. The second-order valence-electron chi connectivity index (χ2n) is 5.21. The Balaban J connectivity index is 2.16. The molecule has 0 fully saturated rings. The molecular formula is C17H20ClN3. The highest BCUT2D eigenvalue weighted by Gasteiger charge is 2.14. The minimum Gasteiger partial charge on any atom is -0.384 e. The summed E-state index contributed by atoms with van der Waals surface area (Å²) in [4.78, 5) is 2.23. The molecule has 0 radical (unpaired) electrons. The summed E-state index contributed by atoms with van der Waals surface area (Å²) in [6.07, 6.45) is 0. The smallest absolute Gasteiger partial charge is 0.123 e. The largest absolute Gasteiger partial charge is 0.384 e. The molecule has 0 saturated heterocycles. The normalized spacial score (nSPS) is 12.4. The predicted molar refractivity (Wildman–Crippen MR) is 88.8 cm³/mol. The monoisotopic (exact) mass is 301 g/mol. The number of nitrogens with zero attached hydrogens (tertiary/aromatic N) is 1. The maximum Gasteiger partial charge on any atom is 0.123 e. The Morgan fingerprint density at radius 1 is 1.19 bits per heavy atom. The molecule has 0 aliphatic heterocycles. The van der Waals surface area contributed by atoms with Crippen molar-refractivity contribution >= 4 is 17.4 Å². The lowest BCUT2D eigenvalue weighted by Gasteiger charge is -2.26. The van der Waals surface area contributed by atoms with E-state index >= 15 is 0 Å². The minimum absolute atomic E-state index is 0.109. The van der Waals surface area contributed by atoms with Gasteiger partial charge in [0.15, 0.2) is 0 Å². The number of hydrogen-bond donors (Lipinski definition) is 2. The molecule has 110 valence electrons. The van der Waals surface area contributed by atoms with Crippen molar-refractivity contribution in [2.45, 2.75) is 19.5 Å². The van der Waals surface area contributed by atoms with Crippen molar-refractivity contribution in [1.29, 1.82) is 5.41 Å². The lowest BCUT2D eigenvalue weighted by molar-refractivity contribution is 0.253. The van der Waals surface area contributed by atoms with Crippen molar-refractivity contribution in [3.63, 3.8) is 0 Å². The SMILES string of the molecule is CC(c1ccc(Cl)cc1)N(C)Cc1ccccc1C(=N)N. The Morgan fingerprint density at radius 2 is 1.81 bits per heavy atom. The van der Waals surface area contributed by atoms with Gasteiger partial charge < -0.3 is 5.73 Å². The van der Waals surface area contributed by atoms with E-state index in [1.165, 1.54) is 5.56 Å². The van der Waals surface area contributed by atoms with Gasteiger partial charge in [-0.25, -0.2) is 0 Å². The molecule has 0 heterocycles. The van der Waals surface area contributed by atoms with E-state index in [2.05, 4.69) is 18.9 Å². The Morgan fingerprint density at radius 3 is 2.43 bits per heavy atom. The molecule has 0 aliphatic rings. The van der Waals surface area contributed by atoms with Gasteiger partial charge in [0, 0.05) is 23.2 Å². The number of benzene rings is 2. The summed E-state index contributed by atoms with van der Waals surface area (Å²) in [7, 11) is 2.07. The molecule has 0 saturated carbocycles. The molecule has 2 aromatic carbocycles. The van der Waals surface area contributed by atoms with E-state index in [1.807, 2.05) is 48.5 Å². The molecule has 0 amide bonds. The highest BCUT2D eigenvalue weighted by Crippen LogP contribution is 2.23. The van der Waals surface area contributed by atoms with E-state index in [4.69, 9.17) is 22.7 Å². The van der Waals surface area contributed by atoms with E-state index < -0.39 is 0 Å². The van der Waals surface area contributed by atoms with Gasteiger partial charge in [0.05, 0.1) is 0 Å². The van der Waals surface area contributed by atoms with E-state index in [-0.39, 0.29) is 11.9 Å². The van der Waals surface area contributed by atoms with Crippen LogP contribution >= 0.6 is 11.6 Å². The fraction of sp³-hybridized carbons (Fsp3) is 0.235. The molecule has 2 aromatic rings. The number of nitrogen functional groups attached to an aromatic ring is 1. The van der Waals surface area contributed by atoms with Crippen LogP contribution in [0.1, 0.15) is 29.7 Å². The first-order valence-electron chi connectivity index (χ1n) is 6.87. The van der Waals surface area contributed by atoms with E-state index in [9.17, 15) is 0 Å². The zero-order valence-electron chi connectivity index (χ0n) is 12.3. The van der Waals surface area contributed by atoms with E-state index in [0.29, 0.717) is 0 Å². The standard InChI is InChI=1S/C17H20ClN3/c1-12(13-7-9-15(18)10-8-13)21(2)11-14-5-3-4-6-16(14)17(19)20/h3-10,12H,11H2,1-2H3,(H3,19,20). The molecule has 3 nitrogen and oxygen atoms in total. The molecule has 1 unspecified atom stereocenters. The Bertz CT molecular complexity index is 622. The van der Waals surface area contributed by atoms with Crippen LogP contribution in [0.15, 0.2) is 48.5 Å². The van der Waals surface area contributed by atoms with Gasteiger partial charge in [-0.05, 0) is 37.2 Å². The van der Waals surface area contributed by atoms with Crippen LogP contribution in [0.2, 0.25) is 5.02 Å². The molecule has 2 rings (SSSR count). The van der Waals surface area contributed by atoms with Crippen LogP contribution in [0.3, 0.4) is 0 Å². The fourth-order valence-corrected chi connectivity index (χ4v) is 2.45. The third kappa shape index (κ3) is 3.84. The second kappa shape index (κ2) is 6.74. The predicted octanol–water partition coefficient (Wildman–Crippen LogP) is 3.82. The fourth-order valence-electron chi connectivity index (χ4n) is 2.32. The molecule has 0 aromatic heterocycles. The minimum atomic E-state index is 0.109. The summed E-state index contributed by atoms with van der Waals surface area (Å²) in [5, 5.41) is 8.41. The van der Waals surface area contributed by atoms with Crippen LogP contribution in [0, 0.1) is 5.41 Å². The summed E-state index contributed by atoms with van der Waals surface area (Å²) >= 11 is 5.93. The number of hydrogen-bond acceptors (Lipinski definition) is 2. The summed E-state index contributed by atoms with van der Waals surface area (Å²) in [5.41, 5.74) is 8.72. The number of rotatable bonds is 5. The van der Waals surface area contributed by atoms with Crippen LogP contribution in [-0.4, -0.2) is 17.8 Å². The maximum atomic E-state index is 7.66. The zero-order chi connectivity index (χ0) is 15.4. The average molecular weight is 302 g/mol. The molecule has 21 heavy (non-hydrogen) atoms. The highest BCUT2D eigenvalue weighted by molar-refractivity contribution is 6.30. The van der Waals surface area contributed by atoms with Crippen molar-refractivity contribution in [2.75, 3.05) is 7.05 Å². The zero-order valence-corrected chi connectivity index (χ0v) is 13.1. The van der Waals surface area contributed by atoms with Crippen LogP contribution in [0.25, 0.3) is 0 Å².